The number of likely N-dealkylation sites (tertiary alicyclic amines) is 1. The van der Waals surface area contributed by atoms with Crippen LogP contribution >= 0.6 is 23.1 Å². The maximum atomic E-state index is 12.6. The number of amides is 2. The van der Waals surface area contributed by atoms with Gasteiger partial charge in [0.15, 0.2) is 4.80 Å². The van der Waals surface area contributed by atoms with Crippen LogP contribution in [-0.2, 0) is 25.6 Å². The molecule has 8 nitrogen and oxygen atoms in total. The molecule has 2 aromatic rings. The zero-order valence-corrected chi connectivity index (χ0v) is 21.7. The second-order valence-electron chi connectivity index (χ2n) is 8.22. The standard InChI is InChI=1S/C24H33N3O5S2/c1-4-31-12-11-27-19-9-8-18(23(30)32-5-2)13-20(19)34-24(27)25-21(28)15-33-16-22(29)26-10-6-7-17(3)14-26/h8-9,13,17H,4-7,10-12,14-16H2,1-3H3. The molecule has 3 rings (SSSR count). The molecule has 2 amide bonds. The predicted molar refractivity (Wildman–Crippen MR) is 135 cm³/mol. The summed E-state index contributed by atoms with van der Waals surface area (Å²) in [5.74, 6) is 0.383. The van der Waals surface area contributed by atoms with Crippen LogP contribution in [0.15, 0.2) is 23.2 Å². The van der Waals surface area contributed by atoms with E-state index >= 15 is 0 Å². The van der Waals surface area contributed by atoms with Gasteiger partial charge >= 0.3 is 5.97 Å². The van der Waals surface area contributed by atoms with Crippen molar-refractivity contribution in [2.75, 3.05) is 44.4 Å². The Morgan fingerprint density at radius 2 is 2.03 bits per heavy atom. The molecule has 1 atom stereocenters. The van der Waals surface area contributed by atoms with Crippen molar-refractivity contribution in [3.63, 3.8) is 0 Å². The molecule has 1 saturated heterocycles. The van der Waals surface area contributed by atoms with Crippen molar-refractivity contribution in [2.24, 2.45) is 10.9 Å². The third kappa shape index (κ3) is 7.16. The average molecular weight is 508 g/mol. The largest absolute Gasteiger partial charge is 0.462 e. The quantitative estimate of drug-likeness (QED) is 0.362. The summed E-state index contributed by atoms with van der Waals surface area (Å²) in [5.41, 5.74) is 1.35. The molecule has 0 radical (unpaired) electrons. The number of piperidine rings is 1. The zero-order valence-electron chi connectivity index (χ0n) is 20.1. The molecule has 0 aliphatic carbocycles. The van der Waals surface area contributed by atoms with Crippen LogP contribution in [-0.4, -0.2) is 71.7 Å². The summed E-state index contributed by atoms with van der Waals surface area (Å²) in [6.45, 7) is 9.40. The number of nitrogens with zero attached hydrogens (tertiary/aromatic N) is 3. The molecule has 1 aliphatic heterocycles. The first-order valence-electron chi connectivity index (χ1n) is 11.7. The molecule has 1 unspecified atom stereocenters. The van der Waals surface area contributed by atoms with E-state index in [1.54, 1.807) is 19.1 Å². The van der Waals surface area contributed by atoms with Crippen molar-refractivity contribution in [1.29, 1.82) is 0 Å². The lowest BCUT2D eigenvalue weighted by Gasteiger charge is -2.30. The number of thioether (sulfide) groups is 1. The van der Waals surface area contributed by atoms with Crippen LogP contribution in [0, 0.1) is 5.92 Å². The second-order valence-corrected chi connectivity index (χ2v) is 10.2. The number of aromatic nitrogens is 1. The van der Waals surface area contributed by atoms with Crippen LogP contribution < -0.4 is 4.80 Å². The Kier molecular flexibility index (Phi) is 10.2. The fourth-order valence-electron chi connectivity index (χ4n) is 3.89. The van der Waals surface area contributed by atoms with Crippen molar-refractivity contribution in [1.82, 2.24) is 9.47 Å². The van der Waals surface area contributed by atoms with Gasteiger partial charge in [-0.1, -0.05) is 18.3 Å². The van der Waals surface area contributed by atoms with Gasteiger partial charge < -0.3 is 18.9 Å². The van der Waals surface area contributed by atoms with Crippen LogP contribution in [0.1, 0.15) is 44.0 Å². The minimum absolute atomic E-state index is 0.0875. The van der Waals surface area contributed by atoms with Gasteiger partial charge in [-0.25, -0.2) is 4.79 Å². The van der Waals surface area contributed by atoms with Gasteiger partial charge in [0, 0.05) is 26.2 Å². The van der Waals surface area contributed by atoms with Gasteiger partial charge in [0.25, 0.3) is 5.91 Å². The third-order valence-corrected chi connectivity index (χ3v) is 7.48. The molecule has 186 valence electrons. The van der Waals surface area contributed by atoms with Crippen molar-refractivity contribution < 1.29 is 23.9 Å². The van der Waals surface area contributed by atoms with E-state index in [1.807, 2.05) is 22.5 Å². The van der Waals surface area contributed by atoms with Crippen molar-refractivity contribution in [2.45, 2.75) is 40.2 Å². The van der Waals surface area contributed by atoms with Gasteiger partial charge in [0.05, 0.1) is 40.5 Å². The number of carbonyl (C=O) groups excluding carboxylic acids is 3. The van der Waals surface area contributed by atoms with E-state index in [-0.39, 0.29) is 29.3 Å². The Labute approximate surface area is 208 Å². The molecular formula is C24H33N3O5S2. The molecule has 0 spiro atoms. The summed E-state index contributed by atoms with van der Waals surface area (Å²) >= 11 is 2.65. The number of benzene rings is 1. The van der Waals surface area contributed by atoms with E-state index < -0.39 is 0 Å². The lowest BCUT2D eigenvalue weighted by molar-refractivity contribution is -0.130. The lowest BCUT2D eigenvalue weighted by atomic mass is 10.0. The lowest BCUT2D eigenvalue weighted by Crippen LogP contribution is -2.40. The first kappa shape index (κ1) is 26.4. The second kappa shape index (κ2) is 13.1. The van der Waals surface area contributed by atoms with E-state index in [9.17, 15) is 14.4 Å². The Hall–Kier alpha value is -2.17. The highest BCUT2D eigenvalue weighted by atomic mass is 32.2. The molecule has 0 saturated carbocycles. The van der Waals surface area contributed by atoms with Crippen LogP contribution in [0.4, 0.5) is 0 Å². The van der Waals surface area contributed by atoms with Crippen molar-refractivity contribution >= 4 is 51.1 Å². The van der Waals surface area contributed by atoms with Gasteiger partial charge in [0.1, 0.15) is 0 Å². The average Bonchev–Trinajstić information content (AvgIpc) is 3.15. The van der Waals surface area contributed by atoms with Crippen LogP contribution in [0.25, 0.3) is 10.2 Å². The molecule has 10 heteroatoms. The van der Waals surface area contributed by atoms with E-state index in [2.05, 4.69) is 11.9 Å². The summed E-state index contributed by atoms with van der Waals surface area (Å²) in [6, 6.07) is 5.34. The number of thiazole rings is 1. The smallest absolute Gasteiger partial charge is 0.338 e. The van der Waals surface area contributed by atoms with Gasteiger partial charge in [-0.15, -0.1) is 11.8 Å². The zero-order chi connectivity index (χ0) is 24.5. The SMILES string of the molecule is CCOCCn1c(=NC(=O)CSCC(=O)N2CCCC(C)C2)sc2cc(C(=O)OCC)ccc21. The fraction of sp³-hybridized carbons (Fsp3) is 0.583. The molecular weight excluding hydrogens is 474 g/mol. The highest BCUT2D eigenvalue weighted by Gasteiger charge is 2.21. The molecule has 34 heavy (non-hydrogen) atoms. The number of hydrogen-bond donors (Lipinski definition) is 0. The van der Waals surface area contributed by atoms with Gasteiger partial charge in [-0.05, 0) is 50.8 Å². The predicted octanol–water partition coefficient (Wildman–Crippen LogP) is 3.34. The Morgan fingerprint density at radius 1 is 1.21 bits per heavy atom. The number of esters is 1. The van der Waals surface area contributed by atoms with Crippen molar-refractivity contribution in [3.05, 3.63) is 28.6 Å². The molecule has 1 aromatic carbocycles. The number of rotatable bonds is 10. The summed E-state index contributed by atoms with van der Waals surface area (Å²) in [4.78, 5) is 44.0. The normalized spacial score (nSPS) is 16.7. The minimum Gasteiger partial charge on any atom is -0.462 e. The van der Waals surface area contributed by atoms with Crippen LogP contribution in [0.2, 0.25) is 0 Å². The molecule has 0 bridgehead atoms. The Morgan fingerprint density at radius 3 is 2.76 bits per heavy atom. The first-order chi connectivity index (χ1) is 16.4. The maximum absolute atomic E-state index is 12.6. The minimum atomic E-state index is -0.377. The monoisotopic (exact) mass is 507 g/mol. The summed E-state index contributed by atoms with van der Waals surface area (Å²) in [6.07, 6.45) is 2.20. The fourth-order valence-corrected chi connectivity index (χ4v) is 5.70. The van der Waals surface area contributed by atoms with E-state index in [1.165, 1.54) is 23.1 Å². The van der Waals surface area contributed by atoms with Crippen LogP contribution in [0.3, 0.4) is 0 Å². The highest BCUT2D eigenvalue weighted by molar-refractivity contribution is 8.00. The molecule has 1 aromatic heterocycles. The molecule has 2 heterocycles. The summed E-state index contributed by atoms with van der Waals surface area (Å²) < 4.78 is 13.4. The van der Waals surface area contributed by atoms with Crippen LogP contribution in [0.5, 0.6) is 0 Å². The van der Waals surface area contributed by atoms with Gasteiger partial charge in [-0.2, -0.15) is 4.99 Å². The third-order valence-electron chi connectivity index (χ3n) is 5.54. The number of fused-ring (bicyclic) bond motifs is 1. The maximum Gasteiger partial charge on any atom is 0.338 e. The van der Waals surface area contributed by atoms with E-state index in [4.69, 9.17) is 9.47 Å². The number of ether oxygens (including phenoxy) is 2. The summed E-state index contributed by atoms with van der Waals surface area (Å²) in [5, 5.41) is 0. The van der Waals surface area contributed by atoms with E-state index in [0.717, 1.165) is 36.1 Å². The van der Waals surface area contributed by atoms with Crippen molar-refractivity contribution in [3.8, 4) is 0 Å². The highest BCUT2D eigenvalue weighted by Crippen LogP contribution is 2.20. The Bertz CT molecular complexity index is 1080. The molecule has 0 N–H and O–H groups in total. The molecule has 1 aliphatic rings. The van der Waals surface area contributed by atoms with Gasteiger partial charge in [0.2, 0.25) is 5.91 Å². The van der Waals surface area contributed by atoms with Gasteiger partial charge in [-0.3, -0.25) is 9.59 Å². The molecule has 1 fully saturated rings. The van der Waals surface area contributed by atoms with E-state index in [0.29, 0.717) is 42.6 Å². The first-order valence-corrected chi connectivity index (χ1v) is 13.7. The number of carbonyl (C=O) groups is 3. The summed E-state index contributed by atoms with van der Waals surface area (Å²) in [7, 11) is 0. The Balaban J connectivity index is 1.72. The topological polar surface area (TPSA) is 90.2 Å². The number of hydrogen-bond acceptors (Lipinski definition) is 7.